The van der Waals surface area contributed by atoms with E-state index < -0.39 is 17.8 Å². The van der Waals surface area contributed by atoms with E-state index in [0.717, 1.165) is 17.7 Å². The first kappa shape index (κ1) is 19.6. The zero-order valence-electron chi connectivity index (χ0n) is 16.1. The molecule has 0 saturated carbocycles. The molecule has 0 bridgehead atoms. The predicted octanol–water partition coefficient (Wildman–Crippen LogP) is 3.09. The number of benzene rings is 2. The number of carbonyl (C=O) groups excluding carboxylic acids is 3. The lowest BCUT2D eigenvalue weighted by molar-refractivity contribution is -0.151. The van der Waals surface area contributed by atoms with Crippen LogP contribution < -0.4 is 10.2 Å². The number of ether oxygens (including phenoxy) is 1. The summed E-state index contributed by atoms with van der Waals surface area (Å²) in [7, 11) is 0. The van der Waals surface area contributed by atoms with Gasteiger partial charge in [0, 0.05) is 24.3 Å². The molecule has 0 unspecified atom stereocenters. The number of amides is 2. The molecule has 0 aromatic heterocycles. The Labute approximate surface area is 164 Å². The summed E-state index contributed by atoms with van der Waals surface area (Å²) < 4.78 is 5.14. The molecule has 1 N–H and O–H groups in total. The summed E-state index contributed by atoms with van der Waals surface area (Å²) in [6, 6.07) is 15.1. The smallest absolute Gasteiger partial charge is 0.311 e. The van der Waals surface area contributed by atoms with Gasteiger partial charge in [-0.1, -0.05) is 37.3 Å². The van der Waals surface area contributed by atoms with Crippen LogP contribution in [0.2, 0.25) is 0 Å². The fraction of sp³-hybridized carbons (Fsp3) is 0.318. The lowest BCUT2D eigenvalue weighted by Gasteiger charge is -2.17. The van der Waals surface area contributed by atoms with Crippen molar-refractivity contribution in [3.63, 3.8) is 0 Å². The van der Waals surface area contributed by atoms with Crippen LogP contribution in [-0.4, -0.2) is 30.9 Å². The maximum Gasteiger partial charge on any atom is 0.311 e. The van der Waals surface area contributed by atoms with E-state index in [4.69, 9.17) is 4.74 Å². The molecule has 6 nitrogen and oxygen atoms in total. The van der Waals surface area contributed by atoms with Crippen LogP contribution in [0, 0.1) is 12.8 Å². The Morgan fingerprint density at radius 3 is 2.54 bits per heavy atom. The van der Waals surface area contributed by atoms with Crippen molar-refractivity contribution in [1.82, 2.24) is 0 Å². The number of nitrogens with one attached hydrogen (secondary N) is 1. The van der Waals surface area contributed by atoms with Crippen LogP contribution in [0.25, 0.3) is 0 Å². The van der Waals surface area contributed by atoms with E-state index in [1.807, 2.05) is 49.4 Å². The summed E-state index contributed by atoms with van der Waals surface area (Å²) in [5, 5.41) is 2.72. The molecular weight excluding hydrogens is 356 g/mol. The third kappa shape index (κ3) is 4.57. The van der Waals surface area contributed by atoms with Gasteiger partial charge in [-0.15, -0.1) is 0 Å². The normalized spacial score (nSPS) is 16.1. The molecule has 2 amide bonds. The standard InChI is InChI=1S/C22H24N2O4/c1-3-16-8-10-18(11-9-16)24-13-17(12-21(24)26)22(27)28-14-20(25)23-19-7-5-4-6-15(19)2/h4-11,17H,3,12-14H2,1-2H3,(H,23,25)/t17-/m0/s1. The van der Waals surface area contributed by atoms with Crippen molar-refractivity contribution in [3.8, 4) is 0 Å². The quantitative estimate of drug-likeness (QED) is 0.782. The van der Waals surface area contributed by atoms with E-state index in [2.05, 4.69) is 12.2 Å². The summed E-state index contributed by atoms with van der Waals surface area (Å²) in [6.45, 7) is 3.84. The summed E-state index contributed by atoms with van der Waals surface area (Å²) in [4.78, 5) is 38.2. The molecule has 0 radical (unpaired) electrons. The molecule has 1 saturated heterocycles. The van der Waals surface area contributed by atoms with E-state index in [0.29, 0.717) is 5.69 Å². The minimum Gasteiger partial charge on any atom is -0.455 e. The highest BCUT2D eigenvalue weighted by Crippen LogP contribution is 2.26. The van der Waals surface area contributed by atoms with Crippen molar-refractivity contribution < 1.29 is 19.1 Å². The van der Waals surface area contributed by atoms with E-state index in [-0.39, 0.29) is 25.5 Å². The van der Waals surface area contributed by atoms with Crippen molar-refractivity contribution in [1.29, 1.82) is 0 Å². The molecule has 0 aliphatic carbocycles. The first-order valence-electron chi connectivity index (χ1n) is 9.39. The Kier molecular flexibility index (Phi) is 6.09. The molecule has 1 aliphatic heterocycles. The number of carbonyl (C=O) groups is 3. The molecule has 1 heterocycles. The predicted molar refractivity (Wildman–Crippen MR) is 107 cm³/mol. The minimum atomic E-state index is -0.565. The molecule has 28 heavy (non-hydrogen) atoms. The van der Waals surface area contributed by atoms with Crippen LogP contribution in [0.3, 0.4) is 0 Å². The van der Waals surface area contributed by atoms with Gasteiger partial charge >= 0.3 is 5.97 Å². The molecule has 6 heteroatoms. The van der Waals surface area contributed by atoms with Crippen molar-refractivity contribution in [3.05, 3.63) is 59.7 Å². The topological polar surface area (TPSA) is 75.7 Å². The van der Waals surface area contributed by atoms with Gasteiger partial charge in [-0.05, 0) is 42.7 Å². The molecule has 0 spiro atoms. The van der Waals surface area contributed by atoms with Gasteiger partial charge in [0.15, 0.2) is 6.61 Å². The molecule has 146 valence electrons. The number of anilines is 2. The molecule has 1 fully saturated rings. The van der Waals surface area contributed by atoms with Crippen LogP contribution >= 0.6 is 0 Å². The van der Waals surface area contributed by atoms with E-state index in [9.17, 15) is 14.4 Å². The number of aryl methyl sites for hydroxylation is 2. The molecular formula is C22H24N2O4. The second-order valence-corrected chi connectivity index (χ2v) is 6.90. The Hall–Kier alpha value is -3.15. The molecule has 2 aromatic carbocycles. The van der Waals surface area contributed by atoms with Gasteiger partial charge in [-0.25, -0.2) is 0 Å². The van der Waals surface area contributed by atoms with E-state index >= 15 is 0 Å². The second-order valence-electron chi connectivity index (χ2n) is 6.90. The van der Waals surface area contributed by atoms with Crippen molar-refractivity contribution in [2.24, 2.45) is 5.92 Å². The minimum absolute atomic E-state index is 0.0910. The van der Waals surface area contributed by atoms with Crippen molar-refractivity contribution in [2.75, 3.05) is 23.4 Å². The van der Waals surface area contributed by atoms with Gasteiger partial charge < -0.3 is 15.0 Å². The summed E-state index contributed by atoms with van der Waals surface area (Å²) >= 11 is 0. The Balaban J connectivity index is 1.52. The lowest BCUT2D eigenvalue weighted by Crippen LogP contribution is -2.28. The largest absolute Gasteiger partial charge is 0.455 e. The van der Waals surface area contributed by atoms with Gasteiger partial charge in [-0.3, -0.25) is 14.4 Å². The average molecular weight is 380 g/mol. The zero-order chi connectivity index (χ0) is 20.1. The first-order valence-corrected chi connectivity index (χ1v) is 9.39. The van der Waals surface area contributed by atoms with Crippen LogP contribution in [-0.2, 0) is 25.5 Å². The molecule has 2 aromatic rings. The van der Waals surface area contributed by atoms with Crippen LogP contribution in [0.15, 0.2) is 48.5 Å². The number of hydrogen-bond acceptors (Lipinski definition) is 4. The van der Waals surface area contributed by atoms with Gasteiger partial charge in [0.25, 0.3) is 5.91 Å². The highest BCUT2D eigenvalue weighted by Gasteiger charge is 2.36. The van der Waals surface area contributed by atoms with Gasteiger partial charge in [0.2, 0.25) is 5.91 Å². The number of nitrogens with zero attached hydrogens (tertiary/aromatic N) is 1. The SMILES string of the molecule is CCc1ccc(N2C[C@@H](C(=O)OCC(=O)Nc3ccccc3C)CC2=O)cc1. The first-order chi connectivity index (χ1) is 13.5. The highest BCUT2D eigenvalue weighted by atomic mass is 16.5. The fourth-order valence-corrected chi connectivity index (χ4v) is 3.18. The summed E-state index contributed by atoms with van der Waals surface area (Å²) in [5.41, 5.74) is 3.57. The highest BCUT2D eigenvalue weighted by molar-refractivity contribution is 6.00. The maximum absolute atomic E-state index is 12.3. The molecule has 1 aliphatic rings. The third-order valence-corrected chi connectivity index (χ3v) is 4.88. The lowest BCUT2D eigenvalue weighted by atomic mass is 10.1. The number of para-hydroxylation sites is 1. The number of esters is 1. The van der Waals surface area contributed by atoms with Gasteiger partial charge in [0.1, 0.15) is 0 Å². The fourth-order valence-electron chi connectivity index (χ4n) is 3.18. The van der Waals surface area contributed by atoms with Gasteiger partial charge in [-0.2, -0.15) is 0 Å². The van der Waals surface area contributed by atoms with E-state index in [1.165, 1.54) is 5.56 Å². The van der Waals surface area contributed by atoms with Crippen LogP contribution in [0.1, 0.15) is 24.5 Å². The van der Waals surface area contributed by atoms with Crippen molar-refractivity contribution in [2.45, 2.75) is 26.7 Å². The Morgan fingerprint density at radius 1 is 1.14 bits per heavy atom. The number of rotatable bonds is 6. The zero-order valence-corrected chi connectivity index (χ0v) is 16.1. The summed E-state index contributed by atoms with van der Waals surface area (Å²) in [5.74, 6) is -1.61. The average Bonchev–Trinajstić information content (AvgIpc) is 3.10. The number of hydrogen-bond donors (Lipinski definition) is 1. The summed E-state index contributed by atoms with van der Waals surface area (Å²) in [6.07, 6.45) is 1.02. The second kappa shape index (κ2) is 8.69. The van der Waals surface area contributed by atoms with E-state index in [1.54, 1.807) is 11.0 Å². The Bertz CT molecular complexity index is 876. The molecule has 3 rings (SSSR count). The Morgan fingerprint density at radius 2 is 1.86 bits per heavy atom. The third-order valence-electron chi connectivity index (χ3n) is 4.88. The van der Waals surface area contributed by atoms with Crippen LogP contribution in [0.4, 0.5) is 11.4 Å². The van der Waals surface area contributed by atoms with Crippen LogP contribution in [0.5, 0.6) is 0 Å². The van der Waals surface area contributed by atoms with Gasteiger partial charge in [0.05, 0.1) is 5.92 Å². The van der Waals surface area contributed by atoms with Crippen molar-refractivity contribution >= 4 is 29.2 Å². The molecule has 1 atom stereocenters. The monoisotopic (exact) mass is 380 g/mol. The maximum atomic E-state index is 12.3.